The van der Waals surface area contributed by atoms with Gasteiger partial charge in [-0.15, -0.1) is 0 Å². The number of aromatic nitrogens is 1. The lowest BCUT2D eigenvalue weighted by molar-refractivity contribution is -0.126. The van der Waals surface area contributed by atoms with Gasteiger partial charge in [-0.1, -0.05) is 19.9 Å². The van der Waals surface area contributed by atoms with E-state index in [1.54, 1.807) is 19.1 Å². The minimum Gasteiger partial charge on any atom is -0.490 e. The van der Waals surface area contributed by atoms with Crippen LogP contribution in [-0.4, -0.2) is 47.3 Å². The standard InChI is InChI=1S/C24H33N3O5/c1-14(2)11-12-31-13-20(28)27-16-7-9-17(10-8-16)32-19-6-4-5-18-22(19)23(25)21(24(29)30)15(3)26-18/h4-6,14,16-17H,7-13H2,1-3H3,(H2,25,26)(H,27,28)(H,29,30)/t16-,17-. The van der Waals surface area contributed by atoms with Gasteiger partial charge < -0.3 is 25.6 Å². The number of fused-ring (bicyclic) bond motifs is 1. The van der Waals surface area contributed by atoms with Crippen molar-refractivity contribution in [2.24, 2.45) is 5.92 Å². The number of aryl methyl sites for hydroxylation is 1. The first-order valence-electron chi connectivity index (χ1n) is 11.2. The molecule has 1 aliphatic carbocycles. The third-order valence-electron chi connectivity index (χ3n) is 5.81. The predicted octanol–water partition coefficient (Wildman–Crippen LogP) is 3.69. The lowest BCUT2D eigenvalue weighted by atomic mass is 9.93. The largest absolute Gasteiger partial charge is 0.490 e. The first-order chi connectivity index (χ1) is 15.3. The molecule has 1 fully saturated rings. The number of hydrogen-bond donors (Lipinski definition) is 3. The number of aromatic carboxylic acids is 1. The molecule has 0 aliphatic heterocycles. The van der Waals surface area contributed by atoms with Gasteiger partial charge >= 0.3 is 5.97 Å². The molecule has 0 spiro atoms. The van der Waals surface area contributed by atoms with Crippen LogP contribution in [0.4, 0.5) is 5.69 Å². The molecule has 1 aliphatic rings. The number of benzene rings is 1. The van der Waals surface area contributed by atoms with Gasteiger partial charge in [-0.2, -0.15) is 0 Å². The van der Waals surface area contributed by atoms with E-state index < -0.39 is 5.97 Å². The maximum atomic E-state index is 12.1. The summed E-state index contributed by atoms with van der Waals surface area (Å²) in [6.45, 7) is 6.57. The minimum absolute atomic E-state index is 0.00980. The molecule has 0 bridgehead atoms. The molecule has 4 N–H and O–H groups in total. The number of carboxylic acids is 1. The van der Waals surface area contributed by atoms with Gasteiger partial charge in [0.1, 0.15) is 17.9 Å². The molecule has 174 valence electrons. The number of nitrogens with one attached hydrogen (secondary N) is 1. The Morgan fingerprint density at radius 1 is 1.25 bits per heavy atom. The summed E-state index contributed by atoms with van der Waals surface area (Å²) in [7, 11) is 0. The number of hydrogen-bond acceptors (Lipinski definition) is 6. The van der Waals surface area contributed by atoms with Crippen LogP contribution in [0.25, 0.3) is 10.9 Å². The van der Waals surface area contributed by atoms with Gasteiger partial charge in [0.15, 0.2) is 0 Å². The highest BCUT2D eigenvalue weighted by Crippen LogP contribution is 2.35. The van der Waals surface area contributed by atoms with E-state index in [4.69, 9.17) is 15.2 Å². The van der Waals surface area contributed by atoms with Crippen LogP contribution in [0, 0.1) is 12.8 Å². The SMILES string of the molecule is Cc1nc2cccc(O[C@H]3CC[C@H](NC(=O)COCCC(C)C)CC3)c2c(N)c1C(=O)O. The van der Waals surface area contributed by atoms with E-state index in [1.165, 1.54) is 0 Å². The van der Waals surface area contributed by atoms with Crippen molar-refractivity contribution in [3.8, 4) is 5.75 Å². The second-order valence-corrected chi connectivity index (χ2v) is 8.84. The number of anilines is 1. The monoisotopic (exact) mass is 443 g/mol. The van der Waals surface area contributed by atoms with Gasteiger partial charge in [-0.25, -0.2) is 4.79 Å². The van der Waals surface area contributed by atoms with Crippen molar-refractivity contribution in [3.05, 3.63) is 29.5 Å². The summed E-state index contributed by atoms with van der Waals surface area (Å²) in [5, 5.41) is 13.1. The lowest BCUT2D eigenvalue weighted by Gasteiger charge is -2.30. The molecule has 2 aromatic rings. The summed E-state index contributed by atoms with van der Waals surface area (Å²) < 4.78 is 11.7. The van der Waals surface area contributed by atoms with Crippen molar-refractivity contribution in [2.75, 3.05) is 18.9 Å². The highest BCUT2D eigenvalue weighted by molar-refractivity contribution is 6.06. The quantitative estimate of drug-likeness (QED) is 0.505. The van der Waals surface area contributed by atoms with Gasteiger partial charge in [-0.3, -0.25) is 9.78 Å². The second-order valence-electron chi connectivity index (χ2n) is 8.84. The molecule has 1 aromatic carbocycles. The number of pyridine rings is 1. The van der Waals surface area contributed by atoms with E-state index in [1.807, 2.05) is 6.07 Å². The van der Waals surface area contributed by atoms with Crippen molar-refractivity contribution in [1.82, 2.24) is 10.3 Å². The summed E-state index contributed by atoms with van der Waals surface area (Å²) in [5.41, 5.74) is 7.39. The minimum atomic E-state index is -1.10. The topological polar surface area (TPSA) is 124 Å². The molecule has 0 radical (unpaired) electrons. The Morgan fingerprint density at radius 3 is 2.62 bits per heavy atom. The second kappa shape index (κ2) is 10.6. The van der Waals surface area contributed by atoms with Gasteiger partial charge in [0.2, 0.25) is 5.91 Å². The summed E-state index contributed by atoms with van der Waals surface area (Å²) in [6.07, 6.45) is 4.07. The van der Waals surface area contributed by atoms with Crippen LogP contribution in [0.5, 0.6) is 5.75 Å². The lowest BCUT2D eigenvalue weighted by Crippen LogP contribution is -2.41. The van der Waals surface area contributed by atoms with E-state index in [2.05, 4.69) is 24.1 Å². The fourth-order valence-corrected chi connectivity index (χ4v) is 4.07. The number of nitrogens with zero attached hydrogens (tertiary/aromatic N) is 1. The van der Waals surface area contributed by atoms with Crippen LogP contribution in [0.15, 0.2) is 18.2 Å². The van der Waals surface area contributed by atoms with E-state index in [-0.39, 0.29) is 35.9 Å². The third kappa shape index (κ3) is 5.88. The van der Waals surface area contributed by atoms with Crippen LogP contribution in [0.1, 0.15) is 62.0 Å². The Labute approximate surface area is 188 Å². The Balaban J connectivity index is 1.58. The zero-order valence-electron chi connectivity index (χ0n) is 19.0. The number of carboxylic acid groups (broad SMARTS) is 1. The molecule has 8 heteroatoms. The number of carbonyl (C=O) groups is 2. The molecule has 8 nitrogen and oxygen atoms in total. The van der Waals surface area contributed by atoms with Gasteiger partial charge in [0, 0.05) is 12.6 Å². The zero-order chi connectivity index (χ0) is 23.3. The van der Waals surface area contributed by atoms with Crippen molar-refractivity contribution in [1.29, 1.82) is 0 Å². The fraction of sp³-hybridized carbons (Fsp3) is 0.542. The number of ether oxygens (including phenoxy) is 2. The molecule has 1 saturated carbocycles. The van der Waals surface area contributed by atoms with Gasteiger partial charge in [0.05, 0.1) is 28.4 Å². The van der Waals surface area contributed by atoms with E-state index >= 15 is 0 Å². The highest BCUT2D eigenvalue weighted by atomic mass is 16.5. The van der Waals surface area contributed by atoms with Crippen molar-refractivity contribution < 1.29 is 24.2 Å². The van der Waals surface area contributed by atoms with E-state index in [0.29, 0.717) is 34.9 Å². The molecule has 1 heterocycles. The van der Waals surface area contributed by atoms with Crippen molar-refractivity contribution in [3.63, 3.8) is 0 Å². The van der Waals surface area contributed by atoms with Gasteiger partial charge in [-0.05, 0) is 57.1 Å². The van der Waals surface area contributed by atoms with E-state index in [0.717, 1.165) is 32.1 Å². The molecule has 3 rings (SSSR count). The van der Waals surface area contributed by atoms with E-state index in [9.17, 15) is 14.7 Å². The summed E-state index contributed by atoms with van der Waals surface area (Å²) in [4.78, 5) is 28.1. The molecule has 0 unspecified atom stereocenters. The number of nitrogen functional groups attached to an aromatic ring is 1. The fourth-order valence-electron chi connectivity index (χ4n) is 4.07. The molecular formula is C24H33N3O5. The average molecular weight is 444 g/mol. The van der Waals surface area contributed by atoms with Crippen LogP contribution in [0.2, 0.25) is 0 Å². The first-order valence-corrected chi connectivity index (χ1v) is 11.2. The third-order valence-corrected chi connectivity index (χ3v) is 5.81. The number of rotatable bonds is 9. The Bertz CT molecular complexity index is 968. The first kappa shape index (κ1) is 23.8. The highest BCUT2D eigenvalue weighted by Gasteiger charge is 2.25. The van der Waals surface area contributed by atoms with Crippen LogP contribution in [0.3, 0.4) is 0 Å². The Morgan fingerprint density at radius 2 is 1.97 bits per heavy atom. The number of amides is 1. The molecule has 0 saturated heterocycles. The predicted molar refractivity (Wildman–Crippen MR) is 123 cm³/mol. The Kier molecular flexibility index (Phi) is 7.90. The summed E-state index contributed by atoms with van der Waals surface area (Å²) in [6, 6.07) is 5.53. The average Bonchev–Trinajstić information content (AvgIpc) is 2.72. The van der Waals surface area contributed by atoms with Crippen molar-refractivity contribution >= 4 is 28.5 Å². The summed E-state index contributed by atoms with van der Waals surface area (Å²) in [5.74, 6) is -0.0850. The Hall–Kier alpha value is -2.87. The normalized spacial score (nSPS) is 18.6. The molecular weight excluding hydrogens is 410 g/mol. The van der Waals surface area contributed by atoms with Crippen LogP contribution < -0.4 is 15.8 Å². The molecule has 0 atom stereocenters. The molecule has 32 heavy (non-hydrogen) atoms. The maximum Gasteiger partial charge on any atom is 0.339 e. The van der Waals surface area contributed by atoms with Crippen LogP contribution in [-0.2, 0) is 9.53 Å². The molecule has 1 amide bonds. The van der Waals surface area contributed by atoms with Crippen LogP contribution >= 0.6 is 0 Å². The number of carbonyl (C=O) groups excluding carboxylic acids is 1. The van der Waals surface area contributed by atoms with Gasteiger partial charge in [0.25, 0.3) is 0 Å². The maximum absolute atomic E-state index is 12.1. The molecule has 1 aromatic heterocycles. The number of nitrogens with two attached hydrogens (primary N) is 1. The smallest absolute Gasteiger partial charge is 0.339 e. The zero-order valence-corrected chi connectivity index (χ0v) is 19.0. The summed E-state index contributed by atoms with van der Waals surface area (Å²) >= 11 is 0. The van der Waals surface area contributed by atoms with Crippen molar-refractivity contribution in [2.45, 2.75) is 65.0 Å².